The molecule has 2 bridgehead atoms. The van der Waals surface area contributed by atoms with Crippen LogP contribution in [0.3, 0.4) is 0 Å². The second-order valence-corrected chi connectivity index (χ2v) is 8.73. The van der Waals surface area contributed by atoms with Gasteiger partial charge in [0.1, 0.15) is 23.0 Å². The van der Waals surface area contributed by atoms with Gasteiger partial charge < -0.3 is 10.2 Å². The third-order valence-corrected chi connectivity index (χ3v) is 6.52. The minimum atomic E-state index is -4.45. The minimum Gasteiger partial charge on any atom is -0.365 e. The molecule has 1 aliphatic carbocycles. The molecule has 2 fully saturated rings. The number of carbonyl (C=O) groups excluding carboxylic acids is 1. The van der Waals surface area contributed by atoms with Crippen molar-refractivity contribution in [1.82, 2.24) is 19.9 Å². The Labute approximate surface area is 193 Å². The van der Waals surface area contributed by atoms with Crippen molar-refractivity contribution in [1.29, 1.82) is 0 Å². The summed E-state index contributed by atoms with van der Waals surface area (Å²) in [6.45, 7) is 2.32. The lowest BCUT2D eigenvalue weighted by Gasteiger charge is -2.34. The number of aryl methyl sites for hydroxylation is 1. The number of halogens is 4. The van der Waals surface area contributed by atoms with E-state index in [0.29, 0.717) is 23.5 Å². The number of hydrogen-bond donors (Lipinski definition) is 1. The first kappa shape index (κ1) is 22.2. The van der Waals surface area contributed by atoms with Gasteiger partial charge >= 0.3 is 6.18 Å². The van der Waals surface area contributed by atoms with Crippen LogP contribution in [0.15, 0.2) is 48.9 Å². The van der Waals surface area contributed by atoms with Gasteiger partial charge in [0, 0.05) is 36.7 Å². The van der Waals surface area contributed by atoms with E-state index in [1.807, 2.05) is 0 Å². The average molecular weight is 471 g/mol. The second kappa shape index (κ2) is 8.34. The van der Waals surface area contributed by atoms with Crippen LogP contribution in [0.4, 0.5) is 23.4 Å². The predicted octanol–water partition coefficient (Wildman–Crippen LogP) is 4.72. The van der Waals surface area contributed by atoms with E-state index in [2.05, 4.69) is 20.3 Å². The molecule has 5 rings (SSSR count). The van der Waals surface area contributed by atoms with Gasteiger partial charge in [0.05, 0.1) is 11.6 Å². The highest BCUT2D eigenvalue weighted by atomic mass is 19.4. The number of pyridine rings is 3. The van der Waals surface area contributed by atoms with Crippen molar-refractivity contribution < 1.29 is 22.4 Å². The number of fused-ring (bicyclic) bond motifs is 2. The molecule has 3 aromatic heterocycles. The fourth-order valence-corrected chi connectivity index (χ4v) is 4.98. The number of anilines is 1. The molecule has 3 atom stereocenters. The Bertz CT molecular complexity index is 1230. The fourth-order valence-electron chi connectivity index (χ4n) is 4.98. The SMILES string of the molecule is Cc1ccnc(C(=O)N2C[C@H]3C[C@@H](Nc4ccc(C(F)(F)F)cn4)[C@@H]2C3)c1-c1ncccc1F. The van der Waals surface area contributed by atoms with Crippen molar-refractivity contribution in [3.05, 3.63) is 71.6 Å². The fraction of sp³-hybridized carbons (Fsp3) is 0.333. The Morgan fingerprint density at radius 1 is 1.09 bits per heavy atom. The molecular formula is C24H21F4N5O. The standard InChI is InChI=1S/C24H21F4N5O/c1-13-6-8-30-22(20(13)21-16(25)3-2-7-29-21)23(34)33-12-14-9-17(18(33)10-14)32-19-5-4-15(11-31-19)24(26,27)28/h2-8,11,14,17-18H,9-10,12H2,1H3,(H,31,32)/t14-,17+,18-/m0/s1. The molecule has 0 unspecified atom stereocenters. The van der Waals surface area contributed by atoms with Crippen molar-refractivity contribution >= 4 is 11.7 Å². The molecule has 1 aliphatic heterocycles. The Kier molecular flexibility index (Phi) is 5.45. The molecule has 1 saturated carbocycles. The molecule has 1 amide bonds. The van der Waals surface area contributed by atoms with Gasteiger partial charge in [0.15, 0.2) is 0 Å². The summed E-state index contributed by atoms with van der Waals surface area (Å²) >= 11 is 0. The topological polar surface area (TPSA) is 71.0 Å². The first-order chi connectivity index (χ1) is 16.2. The number of aromatic nitrogens is 3. The van der Waals surface area contributed by atoms with Gasteiger partial charge in [0.25, 0.3) is 5.91 Å². The van der Waals surface area contributed by atoms with E-state index in [1.54, 1.807) is 17.9 Å². The van der Waals surface area contributed by atoms with Gasteiger partial charge in [-0.3, -0.25) is 14.8 Å². The zero-order chi connectivity index (χ0) is 24.0. The third-order valence-electron chi connectivity index (χ3n) is 6.52. The van der Waals surface area contributed by atoms with Crippen LogP contribution in [0.2, 0.25) is 0 Å². The van der Waals surface area contributed by atoms with Crippen molar-refractivity contribution in [3.63, 3.8) is 0 Å². The van der Waals surface area contributed by atoms with E-state index < -0.39 is 17.6 Å². The molecule has 4 heterocycles. The monoisotopic (exact) mass is 471 g/mol. The quantitative estimate of drug-likeness (QED) is 0.558. The highest BCUT2D eigenvalue weighted by Gasteiger charge is 2.48. The predicted molar refractivity (Wildman–Crippen MR) is 116 cm³/mol. The van der Waals surface area contributed by atoms with Crippen LogP contribution in [0.25, 0.3) is 11.3 Å². The number of rotatable bonds is 4. The van der Waals surface area contributed by atoms with Gasteiger partial charge in [-0.1, -0.05) is 0 Å². The number of likely N-dealkylation sites (tertiary alicyclic amines) is 1. The van der Waals surface area contributed by atoms with Gasteiger partial charge in [-0.05, 0) is 61.6 Å². The van der Waals surface area contributed by atoms with Crippen LogP contribution in [-0.2, 0) is 6.18 Å². The molecule has 34 heavy (non-hydrogen) atoms. The van der Waals surface area contributed by atoms with Crippen molar-refractivity contribution in [2.75, 3.05) is 11.9 Å². The maximum atomic E-state index is 14.5. The van der Waals surface area contributed by atoms with Crippen LogP contribution in [-0.4, -0.2) is 44.4 Å². The van der Waals surface area contributed by atoms with Crippen LogP contribution in [0.1, 0.15) is 34.5 Å². The summed E-state index contributed by atoms with van der Waals surface area (Å²) in [5, 5.41) is 3.19. The maximum absolute atomic E-state index is 14.5. The number of nitrogens with one attached hydrogen (secondary N) is 1. The summed E-state index contributed by atoms with van der Waals surface area (Å²) in [6, 6.07) is 6.42. The van der Waals surface area contributed by atoms with Crippen molar-refractivity contribution in [3.8, 4) is 11.3 Å². The molecule has 6 nitrogen and oxygen atoms in total. The summed E-state index contributed by atoms with van der Waals surface area (Å²) in [5.74, 6) is -0.282. The van der Waals surface area contributed by atoms with E-state index in [0.717, 1.165) is 25.1 Å². The van der Waals surface area contributed by atoms with E-state index >= 15 is 0 Å². The van der Waals surface area contributed by atoms with Crippen LogP contribution in [0, 0.1) is 18.7 Å². The van der Waals surface area contributed by atoms with Crippen LogP contribution in [0.5, 0.6) is 0 Å². The van der Waals surface area contributed by atoms with E-state index in [1.165, 1.54) is 30.6 Å². The lowest BCUT2D eigenvalue weighted by atomic mass is 10.0. The normalized spacial score (nSPS) is 21.7. The summed E-state index contributed by atoms with van der Waals surface area (Å²) < 4.78 is 53.0. The zero-order valence-electron chi connectivity index (χ0n) is 18.2. The Morgan fingerprint density at radius 2 is 1.91 bits per heavy atom. The van der Waals surface area contributed by atoms with Crippen molar-refractivity contribution in [2.24, 2.45) is 5.92 Å². The van der Waals surface area contributed by atoms with E-state index in [4.69, 9.17) is 0 Å². The largest absolute Gasteiger partial charge is 0.417 e. The van der Waals surface area contributed by atoms with E-state index in [-0.39, 0.29) is 35.3 Å². The number of alkyl halides is 3. The summed E-state index contributed by atoms with van der Waals surface area (Å²) in [4.78, 5) is 27.6. The first-order valence-electron chi connectivity index (χ1n) is 10.9. The average Bonchev–Trinajstić information content (AvgIpc) is 3.39. The molecule has 1 saturated heterocycles. The highest BCUT2D eigenvalue weighted by molar-refractivity contribution is 5.99. The smallest absolute Gasteiger partial charge is 0.365 e. The molecule has 10 heteroatoms. The molecular weight excluding hydrogens is 450 g/mol. The Balaban J connectivity index is 1.40. The van der Waals surface area contributed by atoms with Gasteiger partial charge in [0.2, 0.25) is 0 Å². The Hall–Kier alpha value is -3.56. The van der Waals surface area contributed by atoms with Crippen LogP contribution >= 0.6 is 0 Å². The zero-order valence-corrected chi connectivity index (χ0v) is 18.2. The highest BCUT2D eigenvalue weighted by Crippen LogP contribution is 2.41. The molecule has 0 aromatic carbocycles. The van der Waals surface area contributed by atoms with Crippen LogP contribution < -0.4 is 5.32 Å². The van der Waals surface area contributed by atoms with E-state index in [9.17, 15) is 22.4 Å². The molecule has 1 N–H and O–H groups in total. The Morgan fingerprint density at radius 3 is 2.59 bits per heavy atom. The number of piperidine rings is 1. The van der Waals surface area contributed by atoms with Gasteiger partial charge in [-0.25, -0.2) is 9.37 Å². The summed E-state index contributed by atoms with van der Waals surface area (Å²) in [6.07, 6.45) is 0.871. The van der Waals surface area contributed by atoms with Gasteiger partial charge in [-0.2, -0.15) is 13.2 Å². The number of nitrogens with zero attached hydrogens (tertiary/aromatic N) is 4. The van der Waals surface area contributed by atoms with Crippen molar-refractivity contribution in [2.45, 2.75) is 38.0 Å². The molecule has 176 valence electrons. The minimum absolute atomic E-state index is 0.0736. The number of amides is 1. The maximum Gasteiger partial charge on any atom is 0.417 e. The number of carbonyl (C=O) groups is 1. The molecule has 3 aromatic rings. The second-order valence-electron chi connectivity index (χ2n) is 8.73. The molecule has 2 aliphatic rings. The van der Waals surface area contributed by atoms with Gasteiger partial charge in [-0.15, -0.1) is 0 Å². The summed E-state index contributed by atoms with van der Waals surface area (Å²) in [5.41, 5.74) is 0.440. The summed E-state index contributed by atoms with van der Waals surface area (Å²) in [7, 11) is 0. The molecule has 0 spiro atoms. The first-order valence-corrected chi connectivity index (χ1v) is 10.9. The molecule has 0 radical (unpaired) electrons. The lowest BCUT2D eigenvalue weighted by Crippen LogP contribution is -2.48. The lowest BCUT2D eigenvalue weighted by molar-refractivity contribution is -0.137. The number of hydrogen-bond acceptors (Lipinski definition) is 5. The third kappa shape index (κ3) is 3.97.